The lowest BCUT2D eigenvalue weighted by atomic mass is 10.2. The van der Waals surface area contributed by atoms with E-state index in [-0.39, 0.29) is 29.7 Å². The van der Waals surface area contributed by atoms with E-state index in [1.54, 1.807) is 30.5 Å². The molecule has 1 heterocycles. The predicted octanol–water partition coefficient (Wildman–Crippen LogP) is 3.92. The van der Waals surface area contributed by atoms with E-state index in [4.69, 9.17) is 0 Å². The minimum absolute atomic E-state index is 0. The summed E-state index contributed by atoms with van der Waals surface area (Å²) < 4.78 is 28.7. The smallest absolute Gasteiger partial charge is 0.387 e. The Balaban J connectivity index is 0.00000338. The second-order valence-electron chi connectivity index (χ2n) is 5.46. The van der Waals surface area contributed by atoms with Gasteiger partial charge in [-0.05, 0) is 24.6 Å². The van der Waals surface area contributed by atoms with Crippen LogP contribution in [0.3, 0.4) is 0 Å². The van der Waals surface area contributed by atoms with Crippen LogP contribution in [-0.2, 0) is 13.0 Å². The lowest BCUT2D eigenvalue weighted by Gasteiger charge is -2.22. The van der Waals surface area contributed by atoms with Gasteiger partial charge in [-0.3, -0.25) is 4.99 Å². The molecule has 2 aromatic rings. The van der Waals surface area contributed by atoms with Crippen molar-refractivity contribution < 1.29 is 13.5 Å². The van der Waals surface area contributed by atoms with Crippen molar-refractivity contribution in [1.29, 1.82) is 0 Å². The van der Waals surface area contributed by atoms with Gasteiger partial charge in [0, 0.05) is 39.0 Å². The molecular weight excluding hydrogens is 473 g/mol. The number of rotatable bonds is 7. The normalized spacial score (nSPS) is 11.2. The van der Waals surface area contributed by atoms with Gasteiger partial charge < -0.3 is 15.0 Å². The number of hydrogen-bond acceptors (Lipinski definition) is 4. The molecule has 0 aliphatic heterocycles. The molecule has 0 aliphatic carbocycles. The second-order valence-corrected chi connectivity index (χ2v) is 6.52. The highest BCUT2D eigenvalue weighted by Gasteiger charge is 2.08. The van der Waals surface area contributed by atoms with Gasteiger partial charge in [-0.25, -0.2) is 4.98 Å². The minimum Gasteiger partial charge on any atom is -0.435 e. The maximum atomic E-state index is 12.2. The van der Waals surface area contributed by atoms with Gasteiger partial charge in [-0.15, -0.1) is 35.3 Å². The number of alkyl halides is 2. The van der Waals surface area contributed by atoms with Gasteiger partial charge >= 0.3 is 6.61 Å². The zero-order valence-corrected chi connectivity index (χ0v) is 18.1. The van der Waals surface area contributed by atoms with Crippen LogP contribution in [0.25, 0.3) is 0 Å². The van der Waals surface area contributed by atoms with Crippen molar-refractivity contribution in [3.8, 4) is 5.75 Å². The fourth-order valence-corrected chi connectivity index (χ4v) is 2.98. The Morgan fingerprint density at radius 3 is 2.58 bits per heavy atom. The van der Waals surface area contributed by atoms with Crippen molar-refractivity contribution in [3.63, 3.8) is 0 Å². The highest BCUT2D eigenvalue weighted by atomic mass is 127. The molecule has 2 rings (SSSR count). The first-order valence-corrected chi connectivity index (χ1v) is 8.72. The van der Waals surface area contributed by atoms with Crippen LogP contribution < -0.4 is 10.1 Å². The monoisotopic (exact) mass is 496 g/mol. The molecule has 0 fully saturated rings. The van der Waals surface area contributed by atoms with Crippen molar-refractivity contribution in [2.75, 3.05) is 20.6 Å². The lowest BCUT2D eigenvalue weighted by molar-refractivity contribution is -0.0498. The van der Waals surface area contributed by atoms with E-state index in [0.29, 0.717) is 6.54 Å². The number of aryl methyl sites for hydroxylation is 1. The Kier molecular flexibility index (Phi) is 9.78. The van der Waals surface area contributed by atoms with Crippen molar-refractivity contribution in [2.45, 2.75) is 26.5 Å². The molecule has 26 heavy (non-hydrogen) atoms. The summed E-state index contributed by atoms with van der Waals surface area (Å²) in [5.41, 5.74) is 2.05. The molecule has 1 N–H and O–H groups in total. The third kappa shape index (κ3) is 7.40. The van der Waals surface area contributed by atoms with Crippen LogP contribution in [0.15, 0.2) is 34.6 Å². The molecular formula is C17H23F2IN4OS. The van der Waals surface area contributed by atoms with Gasteiger partial charge in [-0.1, -0.05) is 12.1 Å². The van der Waals surface area contributed by atoms with Crippen LogP contribution in [0.2, 0.25) is 0 Å². The first-order chi connectivity index (χ1) is 12.0. The minimum atomic E-state index is -2.81. The number of benzene rings is 1. The number of aliphatic imine (C=N–C) groups is 1. The van der Waals surface area contributed by atoms with Crippen molar-refractivity contribution in [3.05, 3.63) is 45.9 Å². The molecule has 5 nitrogen and oxygen atoms in total. The Labute approximate surface area is 173 Å². The fourth-order valence-electron chi connectivity index (χ4n) is 2.34. The maximum Gasteiger partial charge on any atom is 0.387 e. The fraction of sp³-hybridized carbons (Fsp3) is 0.412. The van der Waals surface area contributed by atoms with E-state index in [1.807, 2.05) is 18.9 Å². The lowest BCUT2D eigenvalue weighted by Crippen LogP contribution is -2.39. The number of thiazole rings is 1. The van der Waals surface area contributed by atoms with E-state index in [0.717, 1.165) is 35.2 Å². The molecule has 0 aliphatic rings. The average Bonchev–Trinajstić information content (AvgIpc) is 2.98. The SMILES string of the molecule is CN=C(NCCc1csc(C)n1)N(C)Cc1ccc(OC(F)F)cc1.I. The van der Waals surface area contributed by atoms with Crippen LogP contribution in [0, 0.1) is 6.92 Å². The summed E-state index contributed by atoms with van der Waals surface area (Å²) >= 11 is 1.65. The van der Waals surface area contributed by atoms with E-state index in [2.05, 4.69) is 25.4 Å². The summed E-state index contributed by atoms with van der Waals surface area (Å²) in [6, 6.07) is 6.60. The van der Waals surface area contributed by atoms with Crippen LogP contribution in [-0.4, -0.2) is 43.1 Å². The number of guanidine groups is 1. The summed E-state index contributed by atoms with van der Waals surface area (Å²) in [5.74, 6) is 0.919. The molecule has 9 heteroatoms. The van der Waals surface area contributed by atoms with Crippen LogP contribution in [0.5, 0.6) is 5.75 Å². The Morgan fingerprint density at radius 2 is 2.04 bits per heavy atom. The highest BCUT2D eigenvalue weighted by molar-refractivity contribution is 14.0. The van der Waals surface area contributed by atoms with E-state index in [1.165, 1.54) is 12.1 Å². The number of aromatic nitrogens is 1. The third-order valence-electron chi connectivity index (χ3n) is 3.47. The largest absolute Gasteiger partial charge is 0.435 e. The van der Waals surface area contributed by atoms with Crippen LogP contribution in [0.1, 0.15) is 16.3 Å². The van der Waals surface area contributed by atoms with Crippen LogP contribution in [0.4, 0.5) is 8.78 Å². The van der Waals surface area contributed by atoms with Crippen molar-refractivity contribution in [1.82, 2.24) is 15.2 Å². The summed E-state index contributed by atoms with van der Waals surface area (Å²) in [5, 5.41) is 6.43. The third-order valence-corrected chi connectivity index (χ3v) is 4.29. The predicted molar refractivity (Wildman–Crippen MR) is 112 cm³/mol. The zero-order valence-electron chi connectivity index (χ0n) is 14.9. The average molecular weight is 496 g/mol. The summed E-state index contributed by atoms with van der Waals surface area (Å²) in [6.07, 6.45) is 0.830. The van der Waals surface area contributed by atoms with Gasteiger partial charge in [0.1, 0.15) is 5.75 Å². The van der Waals surface area contributed by atoms with E-state index < -0.39 is 6.61 Å². The zero-order chi connectivity index (χ0) is 18.2. The van der Waals surface area contributed by atoms with Gasteiger partial charge in [0.05, 0.1) is 10.7 Å². The first kappa shape index (κ1) is 22.6. The molecule has 0 bridgehead atoms. The number of nitrogens with one attached hydrogen (secondary N) is 1. The van der Waals surface area contributed by atoms with Crippen molar-refractivity contribution >= 4 is 41.3 Å². The summed E-state index contributed by atoms with van der Waals surface area (Å²) in [6.45, 7) is 0.524. The van der Waals surface area contributed by atoms with Crippen LogP contribution >= 0.6 is 35.3 Å². The second kappa shape index (κ2) is 11.3. The summed E-state index contributed by atoms with van der Waals surface area (Å²) in [4.78, 5) is 10.7. The van der Waals surface area contributed by atoms with Gasteiger partial charge in [0.15, 0.2) is 5.96 Å². The van der Waals surface area contributed by atoms with Crippen molar-refractivity contribution in [2.24, 2.45) is 4.99 Å². The Hall–Kier alpha value is -1.49. The molecule has 0 atom stereocenters. The topological polar surface area (TPSA) is 49.8 Å². The molecule has 0 saturated carbocycles. The standard InChI is InChI=1S/C17H22F2N4OS.HI/c1-12-22-14(11-25-12)8-9-21-17(20-2)23(3)10-13-4-6-15(7-5-13)24-16(18)19;/h4-7,11,16H,8-10H2,1-3H3,(H,20,21);1H. The molecule has 0 amide bonds. The molecule has 1 aromatic carbocycles. The number of ether oxygens (including phenoxy) is 1. The molecule has 0 radical (unpaired) electrons. The maximum absolute atomic E-state index is 12.2. The van der Waals surface area contributed by atoms with Gasteiger partial charge in [0.2, 0.25) is 0 Å². The van der Waals surface area contributed by atoms with E-state index in [9.17, 15) is 8.78 Å². The van der Waals surface area contributed by atoms with Gasteiger partial charge in [0.25, 0.3) is 0 Å². The molecule has 1 aromatic heterocycles. The quantitative estimate of drug-likeness (QED) is 0.359. The molecule has 144 valence electrons. The summed E-state index contributed by atoms with van der Waals surface area (Å²) in [7, 11) is 3.65. The highest BCUT2D eigenvalue weighted by Crippen LogP contribution is 2.15. The van der Waals surface area contributed by atoms with E-state index >= 15 is 0 Å². The number of halogens is 3. The first-order valence-electron chi connectivity index (χ1n) is 7.84. The molecule has 0 saturated heterocycles. The molecule has 0 unspecified atom stereocenters. The number of nitrogens with zero attached hydrogens (tertiary/aromatic N) is 3. The Morgan fingerprint density at radius 1 is 1.35 bits per heavy atom. The molecule has 0 spiro atoms. The van der Waals surface area contributed by atoms with Gasteiger partial charge in [-0.2, -0.15) is 8.78 Å². The number of hydrogen-bond donors (Lipinski definition) is 1. The Bertz CT molecular complexity index is 694.